The van der Waals surface area contributed by atoms with Gasteiger partial charge in [0.2, 0.25) is 5.95 Å². The molecular formula is C14H24N4O. The minimum atomic E-state index is 0.00833. The van der Waals surface area contributed by atoms with E-state index in [-0.39, 0.29) is 5.60 Å². The van der Waals surface area contributed by atoms with E-state index < -0.39 is 0 Å². The Bertz CT molecular complexity index is 412. The van der Waals surface area contributed by atoms with Crippen molar-refractivity contribution < 1.29 is 4.74 Å². The van der Waals surface area contributed by atoms with Crippen LogP contribution in [0, 0.1) is 6.92 Å². The van der Waals surface area contributed by atoms with Crippen LogP contribution in [0.15, 0.2) is 6.20 Å². The Morgan fingerprint density at radius 2 is 2.16 bits per heavy atom. The molecule has 0 spiro atoms. The van der Waals surface area contributed by atoms with E-state index in [2.05, 4.69) is 27.5 Å². The SMILES string of the molecule is CCCNc1ncc(C)c(NCC2(OC)CCC2)n1. The highest BCUT2D eigenvalue weighted by atomic mass is 16.5. The van der Waals surface area contributed by atoms with Crippen LogP contribution in [0.4, 0.5) is 11.8 Å². The van der Waals surface area contributed by atoms with Crippen LogP contribution in [0.3, 0.4) is 0 Å². The maximum absolute atomic E-state index is 5.61. The molecule has 2 N–H and O–H groups in total. The molecule has 5 heteroatoms. The summed E-state index contributed by atoms with van der Waals surface area (Å²) in [6.07, 6.45) is 6.42. The number of nitrogens with one attached hydrogen (secondary N) is 2. The molecule has 0 radical (unpaired) electrons. The molecule has 19 heavy (non-hydrogen) atoms. The summed E-state index contributed by atoms with van der Waals surface area (Å²) in [5.41, 5.74) is 1.07. The van der Waals surface area contributed by atoms with Gasteiger partial charge in [-0.15, -0.1) is 0 Å². The van der Waals surface area contributed by atoms with Crippen LogP contribution in [-0.4, -0.2) is 35.8 Å². The summed E-state index contributed by atoms with van der Waals surface area (Å²) in [5.74, 6) is 1.59. The molecule has 0 atom stereocenters. The Hall–Kier alpha value is -1.36. The number of hydrogen-bond donors (Lipinski definition) is 2. The normalized spacial score (nSPS) is 16.8. The second-order valence-electron chi connectivity index (χ2n) is 5.25. The van der Waals surface area contributed by atoms with Gasteiger partial charge in [0.05, 0.1) is 5.60 Å². The van der Waals surface area contributed by atoms with E-state index in [4.69, 9.17) is 4.74 Å². The minimum Gasteiger partial charge on any atom is -0.376 e. The van der Waals surface area contributed by atoms with Crippen molar-refractivity contribution in [3.05, 3.63) is 11.8 Å². The molecule has 2 rings (SSSR count). The van der Waals surface area contributed by atoms with E-state index in [9.17, 15) is 0 Å². The van der Waals surface area contributed by atoms with E-state index in [1.54, 1.807) is 7.11 Å². The van der Waals surface area contributed by atoms with Gasteiger partial charge in [0, 0.05) is 32.0 Å². The number of ether oxygens (including phenoxy) is 1. The molecule has 1 aromatic heterocycles. The monoisotopic (exact) mass is 264 g/mol. The molecule has 0 aliphatic heterocycles. The van der Waals surface area contributed by atoms with Crippen molar-refractivity contribution in [1.29, 1.82) is 0 Å². The maximum Gasteiger partial charge on any atom is 0.224 e. The number of methoxy groups -OCH3 is 1. The fourth-order valence-electron chi connectivity index (χ4n) is 2.21. The van der Waals surface area contributed by atoms with Gasteiger partial charge in [0.15, 0.2) is 0 Å². The molecule has 1 heterocycles. The van der Waals surface area contributed by atoms with Gasteiger partial charge in [0.1, 0.15) is 5.82 Å². The van der Waals surface area contributed by atoms with Gasteiger partial charge in [-0.1, -0.05) is 6.92 Å². The van der Waals surface area contributed by atoms with Crippen LogP contribution < -0.4 is 10.6 Å². The lowest BCUT2D eigenvalue weighted by atomic mass is 9.80. The first-order valence-corrected chi connectivity index (χ1v) is 7.05. The molecular weight excluding hydrogens is 240 g/mol. The molecule has 0 bridgehead atoms. The zero-order chi connectivity index (χ0) is 13.7. The van der Waals surface area contributed by atoms with Crippen LogP contribution in [0.2, 0.25) is 0 Å². The zero-order valence-electron chi connectivity index (χ0n) is 12.1. The van der Waals surface area contributed by atoms with Crippen molar-refractivity contribution in [3.8, 4) is 0 Å². The average Bonchev–Trinajstić information content (AvgIpc) is 2.38. The molecule has 1 aromatic rings. The van der Waals surface area contributed by atoms with E-state index in [0.29, 0.717) is 5.95 Å². The molecule has 1 aliphatic rings. The van der Waals surface area contributed by atoms with E-state index in [1.165, 1.54) is 6.42 Å². The Labute approximate surface area is 115 Å². The number of anilines is 2. The average molecular weight is 264 g/mol. The van der Waals surface area contributed by atoms with Crippen LogP contribution >= 0.6 is 0 Å². The molecule has 0 amide bonds. The lowest BCUT2D eigenvalue weighted by molar-refractivity contribution is -0.0601. The highest BCUT2D eigenvalue weighted by Crippen LogP contribution is 2.35. The molecule has 0 aromatic carbocycles. The van der Waals surface area contributed by atoms with Gasteiger partial charge < -0.3 is 15.4 Å². The largest absolute Gasteiger partial charge is 0.376 e. The van der Waals surface area contributed by atoms with Crippen molar-refractivity contribution in [2.45, 2.75) is 45.1 Å². The summed E-state index contributed by atoms with van der Waals surface area (Å²) in [6, 6.07) is 0. The number of rotatable bonds is 7. The molecule has 1 aliphatic carbocycles. The van der Waals surface area contributed by atoms with Crippen LogP contribution in [0.25, 0.3) is 0 Å². The van der Waals surface area contributed by atoms with Gasteiger partial charge in [0.25, 0.3) is 0 Å². The molecule has 0 unspecified atom stereocenters. The van der Waals surface area contributed by atoms with Crippen molar-refractivity contribution in [3.63, 3.8) is 0 Å². The Morgan fingerprint density at radius 1 is 1.37 bits per heavy atom. The molecule has 0 saturated heterocycles. The van der Waals surface area contributed by atoms with Crippen molar-refractivity contribution in [2.24, 2.45) is 0 Å². The van der Waals surface area contributed by atoms with E-state index >= 15 is 0 Å². The Balaban J connectivity index is 1.98. The fraction of sp³-hybridized carbons (Fsp3) is 0.714. The van der Waals surface area contributed by atoms with Gasteiger partial charge in [-0.05, 0) is 32.6 Å². The van der Waals surface area contributed by atoms with Crippen LogP contribution in [-0.2, 0) is 4.74 Å². The lowest BCUT2D eigenvalue weighted by Gasteiger charge is -2.40. The molecule has 106 valence electrons. The number of hydrogen-bond acceptors (Lipinski definition) is 5. The van der Waals surface area contributed by atoms with Crippen LogP contribution in [0.1, 0.15) is 38.2 Å². The predicted octanol–water partition coefficient (Wildman–Crippen LogP) is 2.59. The number of aryl methyl sites for hydroxylation is 1. The smallest absolute Gasteiger partial charge is 0.224 e. The first-order valence-electron chi connectivity index (χ1n) is 7.05. The second kappa shape index (κ2) is 6.19. The minimum absolute atomic E-state index is 0.00833. The Kier molecular flexibility index (Phi) is 4.58. The van der Waals surface area contributed by atoms with Gasteiger partial charge in [-0.2, -0.15) is 4.98 Å². The third-order valence-corrected chi connectivity index (χ3v) is 3.78. The quantitative estimate of drug-likeness (QED) is 0.792. The van der Waals surface area contributed by atoms with Gasteiger partial charge >= 0.3 is 0 Å². The second-order valence-corrected chi connectivity index (χ2v) is 5.25. The van der Waals surface area contributed by atoms with Crippen molar-refractivity contribution in [2.75, 3.05) is 30.8 Å². The third-order valence-electron chi connectivity index (χ3n) is 3.78. The van der Waals surface area contributed by atoms with Crippen molar-refractivity contribution >= 4 is 11.8 Å². The molecule has 1 fully saturated rings. The van der Waals surface area contributed by atoms with E-state index in [1.807, 2.05) is 13.1 Å². The summed E-state index contributed by atoms with van der Waals surface area (Å²) in [5, 5.41) is 6.61. The standard InChI is InChI=1S/C14H24N4O/c1-4-8-15-13-16-9-11(2)12(18-13)17-10-14(19-3)6-5-7-14/h9H,4-8,10H2,1-3H3,(H2,15,16,17,18). The summed E-state index contributed by atoms with van der Waals surface area (Å²) < 4.78 is 5.61. The first-order chi connectivity index (χ1) is 9.19. The summed E-state index contributed by atoms with van der Waals surface area (Å²) >= 11 is 0. The predicted molar refractivity (Wildman–Crippen MR) is 77.6 cm³/mol. The van der Waals surface area contributed by atoms with E-state index in [0.717, 1.165) is 43.7 Å². The lowest BCUT2D eigenvalue weighted by Crippen LogP contribution is -2.45. The highest BCUT2D eigenvalue weighted by molar-refractivity contribution is 5.46. The summed E-state index contributed by atoms with van der Waals surface area (Å²) in [7, 11) is 1.79. The Morgan fingerprint density at radius 3 is 2.74 bits per heavy atom. The summed E-state index contributed by atoms with van der Waals surface area (Å²) in [4.78, 5) is 8.80. The fourth-order valence-corrected chi connectivity index (χ4v) is 2.21. The molecule has 1 saturated carbocycles. The zero-order valence-corrected chi connectivity index (χ0v) is 12.1. The number of aromatic nitrogens is 2. The van der Waals surface area contributed by atoms with Gasteiger partial charge in [-0.25, -0.2) is 4.98 Å². The highest BCUT2D eigenvalue weighted by Gasteiger charge is 2.36. The van der Waals surface area contributed by atoms with Crippen LogP contribution in [0.5, 0.6) is 0 Å². The van der Waals surface area contributed by atoms with Gasteiger partial charge in [-0.3, -0.25) is 0 Å². The third kappa shape index (κ3) is 3.35. The maximum atomic E-state index is 5.61. The first kappa shape index (κ1) is 14.1. The van der Waals surface area contributed by atoms with Crippen molar-refractivity contribution in [1.82, 2.24) is 9.97 Å². The molecule has 5 nitrogen and oxygen atoms in total. The number of nitrogens with zero attached hydrogens (tertiary/aromatic N) is 2. The summed E-state index contributed by atoms with van der Waals surface area (Å²) in [6.45, 7) is 5.85. The topological polar surface area (TPSA) is 59.1 Å².